The molecule has 0 spiro atoms. The Labute approximate surface area is 184 Å². The summed E-state index contributed by atoms with van der Waals surface area (Å²) in [6.07, 6.45) is 6.31. The van der Waals surface area contributed by atoms with E-state index in [0.717, 1.165) is 17.7 Å². The Morgan fingerprint density at radius 1 is 1.23 bits per heavy atom. The molecule has 0 radical (unpaired) electrons. The number of hydrogen-bond acceptors (Lipinski definition) is 6. The summed E-state index contributed by atoms with van der Waals surface area (Å²) in [7, 11) is -2.48. The zero-order valence-corrected chi connectivity index (χ0v) is 18.1. The summed E-state index contributed by atoms with van der Waals surface area (Å²) in [5.74, 6) is -1.09. The van der Waals surface area contributed by atoms with Crippen molar-refractivity contribution in [1.29, 1.82) is 0 Å². The molecule has 2 heterocycles. The summed E-state index contributed by atoms with van der Waals surface area (Å²) in [5, 5.41) is 0. The molecule has 4 rings (SSSR count). The topological polar surface area (TPSA) is 81.8 Å². The Balaban J connectivity index is 1.62. The van der Waals surface area contributed by atoms with Gasteiger partial charge in [0.25, 0.3) is 15.9 Å². The minimum Gasteiger partial charge on any atom is -0.337 e. The highest BCUT2D eigenvalue weighted by Gasteiger charge is 2.31. The van der Waals surface area contributed by atoms with Crippen LogP contribution in [0.25, 0.3) is 0 Å². The molecular formula is C21H19FN4O3S2. The first-order chi connectivity index (χ1) is 14.8. The van der Waals surface area contributed by atoms with E-state index in [9.17, 15) is 17.6 Å². The maximum atomic E-state index is 14.0. The highest BCUT2D eigenvalue weighted by Crippen LogP contribution is 2.34. The number of nitrogens with one attached hydrogen (secondary N) is 2. The minimum absolute atomic E-state index is 0.00722. The van der Waals surface area contributed by atoms with Crippen molar-refractivity contribution in [3.05, 3.63) is 101 Å². The highest BCUT2D eigenvalue weighted by molar-refractivity contribution is 7.97. The molecule has 0 saturated carbocycles. The van der Waals surface area contributed by atoms with Crippen LogP contribution < -0.4 is 9.44 Å². The van der Waals surface area contributed by atoms with Gasteiger partial charge in [0.05, 0.1) is 29.1 Å². The predicted molar refractivity (Wildman–Crippen MR) is 119 cm³/mol. The van der Waals surface area contributed by atoms with Crippen molar-refractivity contribution < 1.29 is 17.6 Å². The number of fused-ring (bicyclic) bond motifs is 1. The fourth-order valence-corrected chi connectivity index (χ4v) is 5.16. The van der Waals surface area contributed by atoms with Gasteiger partial charge in [0, 0.05) is 26.0 Å². The Bertz CT molecular complexity index is 1210. The van der Waals surface area contributed by atoms with E-state index in [4.69, 9.17) is 0 Å². The van der Waals surface area contributed by atoms with E-state index in [2.05, 4.69) is 9.44 Å². The van der Waals surface area contributed by atoms with Gasteiger partial charge in [-0.15, -0.1) is 0 Å². The summed E-state index contributed by atoms with van der Waals surface area (Å²) in [5.41, 5.74) is 1.29. The molecule has 7 nitrogen and oxygen atoms in total. The number of allylic oxidation sites excluding steroid dienone is 2. The molecule has 0 aliphatic carbocycles. The maximum Gasteiger partial charge on any atom is 0.264 e. The lowest BCUT2D eigenvalue weighted by atomic mass is 10.1. The minimum atomic E-state index is -4.09. The van der Waals surface area contributed by atoms with Crippen LogP contribution in [-0.4, -0.2) is 30.6 Å². The van der Waals surface area contributed by atoms with Crippen LogP contribution in [0.15, 0.2) is 83.7 Å². The standard InChI is InChI=1S/C21H19FN4O3S2/c1-25(14-15-6-3-2-4-7-15)21(27)17-10-9-16(22)12-18(17)24-31(28,29)20-8-5-11-26-19(20)13-23-30-26/h2-13,23-24H,14H2,1H3. The molecule has 2 N–H and O–H groups in total. The third kappa shape index (κ3) is 4.44. The second-order valence-electron chi connectivity index (χ2n) is 6.88. The average molecular weight is 459 g/mol. The molecule has 2 aromatic carbocycles. The lowest BCUT2D eigenvalue weighted by Crippen LogP contribution is -2.28. The molecule has 2 aliphatic rings. The van der Waals surface area contributed by atoms with E-state index < -0.39 is 21.7 Å². The SMILES string of the molecule is CN(Cc1ccccc1)C(=O)c1ccc(F)cc1NS(=O)(=O)C1=CC=CN2SNC=C12. The smallest absolute Gasteiger partial charge is 0.264 e. The molecule has 31 heavy (non-hydrogen) atoms. The van der Waals surface area contributed by atoms with E-state index in [1.54, 1.807) is 29.8 Å². The second-order valence-corrected chi connectivity index (χ2v) is 9.34. The Kier molecular flexibility index (Phi) is 5.75. The van der Waals surface area contributed by atoms with Gasteiger partial charge in [-0.1, -0.05) is 30.3 Å². The first-order valence-electron chi connectivity index (χ1n) is 9.28. The number of halogens is 1. The zero-order chi connectivity index (χ0) is 22.0. The van der Waals surface area contributed by atoms with Gasteiger partial charge in [-0.05, 0) is 35.9 Å². The first kappa shape index (κ1) is 21.0. The van der Waals surface area contributed by atoms with E-state index in [-0.39, 0.29) is 16.2 Å². The van der Waals surface area contributed by atoms with Gasteiger partial charge in [-0.3, -0.25) is 13.8 Å². The monoisotopic (exact) mass is 458 g/mol. The summed E-state index contributed by atoms with van der Waals surface area (Å²) in [6, 6.07) is 12.8. The van der Waals surface area contributed by atoms with E-state index in [0.29, 0.717) is 12.2 Å². The molecule has 160 valence electrons. The Morgan fingerprint density at radius 3 is 2.77 bits per heavy atom. The highest BCUT2D eigenvalue weighted by atomic mass is 32.2. The second kappa shape index (κ2) is 8.48. The number of amides is 1. The Hall–Kier alpha value is -3.24. The molecule has 0 bridgehead atoms. The molecule has 1 amide bonds. The largest absolute Gasteiger partial charge is 0.337 e. The van der Waals surface area contributed by atoms with Crippen molar-refractivity contribution in [1.82, 2.24) is 13.9 Å². The fourth-order valence-electron chi connectivity index (χ4n) is 3.19. The van der Waals surface area contributed by atoms with Gasteiger partial charge in [-0.2, -0.15) is 0 Å². The summed E-state index contributed by atoms with van der Waals surface area (Å²) in [4.78, 5) is 14.5. The van der Waals surface area contributed by atoms with Crippen LogP contribution in [0.3, 0.4) is 0 Å². The third-order valence-electron chi connectivity index (χ3n) is 4.66. The fraction of sp³-hybridized carbons (Fsp3) is 0.0952. The van der Waals surface area contributed by atoms with Gasteiger partial charge in [-0.25, -0.2) is 12.8 Å². The third-order valence-corrected chi connectivity index (χ3v) is 6.81. The quantitative estimate of drug-likeness (QED) is 0.645. The van der Waals surface area contributed by atoms with Gasteiger partial charge < -0.3 is 9.62 Å². The van der Waals surface area contributed by atoms with Crippen LogP contribution in [0.4, 0.5) is 10.1 Å². The predicted octanol–water partition coefficient (Wildman–Crippen LogP) is 3.56. The molecule has 0 unspecified atom stereocenters. The van der Waals surface area contributed by atoms with Crippen molar-refractivity contribution in [2.75, 3.05) is 11.8 Å². The molecular weight excluding hydrogens is 439 g/mol. The maximum absolute atomic E-state index is 14.0. The van der Waals surface area contributed by atoms with E-state index in [1.807, 2.05) is 30.3 Å². The van der Waals surface area contributed by atoms with E-state index >= 15 is 0 Å². The summed E-state index contributed by atoms with van der Waals surface area (Å²) >= 11 is 1.22. The molecule has 2 aliphatic heterocycles. The van der Waals surface area contributed by atoms with Crippen molar-refractivity contribution in [3.63, 3.8) is 0 Å². The number of anilines is 1. The number of rotatable bonds is 6. The lowest BCUT2D eigenvalue weighted by Gasteiger charge is -2.22. The van der Waals surface area contributed by atoms with E-state index in [1.165, 1.54) is 29.2 Å². The van der Waals surface area contributed by atoms with Crippen molar-refractivity contribution in [2.24, 2.45) is 0 Å². The van der Waals surface area contributed by atoms with Crippen LogP contribution >= 0.6 is 12.1 Å². The average Bonchev–Trinajstić information content (AvgIpc) is 3.22. The number of carbonyl (C=O) groups excluding carboxylic acids is 1. The van der Waals surface area contributed by atoms with Crippen molar-refractivity contribution in [3.8, 4) is 0 Å². The van der Waals surface area contributed by atoms with Crippen LogP contribution in [0.2, 0.25) is 0 Å². The van der Waals surface area contributed by atoms with Gasteiger partial charge in [0.1, 0.15) is 10.7 Å². The van der Waals surface area contributed by atoms with Gasteiger partial charge in [0.15, 0.2) is 0 Å². The number of sulfonamides is 1. The van der Waals surface area contributed by atoms with Gasteiger partial charge >= 0.3 is 0 Å². The number of nitrogens with zero attached hydrogens (tertiary/aromatic N) is 2. The number of carbonyl (C=O) groups is 1. The summed E-state index contributed by atoms with van der Waals surface area (Å²) in [6.45, 7) is 0.323. The number of benzene rings is 2. The molecule has 0 aromatic heterocycles. The van der Waals surface area contributed by atoms with Gasteiger partial charge in [0.2, 0.25) is 0 Å². The summed E-state index contributed by atoms with van der Waals surface area (Å²) < 4.78 is 47.1. The van der Waals surface area contributed by atoms with Crippen LogP contribution in [-0.2, 0) is 16.6 Å². The lowest BCUT2D eigenvalue weighted by molar-refractivity contribution is 0.0786. The number of hydrogen-bond donors (Lipinski definition) is 2. The van der Waals surface area contributed by atoms with Crippen molar-refractivity contribution >= 4 is 33.8 Å². The first-order valence-corrected chi connectivity index (χ1v) is 11.5. The van der Waals surface area contributed by atoms with Crippen LogP contribution in [0.1, 0.15) is 15.9 Å². The van der Waals surface area contributed by atoms with Crippen molar-refractivity contribution in [2.45, 2.75) is 6.54 Å². The van der Waals surface area contributed by atoms with Crippen LogP contribution in [0, 0.1) is 5.82 Å². The molecule has 10 heteroatoms. The zero-order valence-electron chi connectivity index (χ0n) is 16.4. The van der Waals surface area contributed by atoms with Crippen LogP contribution in [0.5, 0.6) is 0 Å². The molecule has 0 atom stereocenters. The Morgan fingerprint density at radius 2 is 2.00 bits per heavy atom. The molecule has 0 fully saturated rings. The molecule has 0 saturated heterocycles. The molecule has 2 aromatic rings. The normalized spacial score (nSPS) is 15.0.